The fourth-order valence-electron chi connectivity index (χ4n) is 1.83. The van der Waals surface area contributed by atoms with Gasteiger partial charge in [-0.2, -0.15) is 23.5 Å². The van der Waals surface area contributed by atoms with Gasteiger partial charge in [0.15, 0.2) is 0 Å². The van der Waals surface area contributed by atoms with Crippen molar-refractivity contribution >= 4 is 47.3 Å². The molecule has 0 radical (unpaired) electrons. The zero-order valence-corrected chi connectivity index (χ0v) is 15.8. The van der Waals surface area contributed by atoms with Crippen molar-refractivity contribution in [3.05, 3.63) is 0 Å². The first-order chi connectivity index (χ1) is 11.7. The number of nitrogens with two attached hydrogens (primary N) is 1. The van der Waals surface area contributed by atoms with Crippen molar-refractivity contribution in [3.63, 3.8) is 0 Å². The molecule has 0 saturated heterocycles. The maximum Gasteiger partial charge on any atom is 0.326 e. The van der Waals surface area contributed by atoms with Crippen molar-refractivity contribution < 1.29 is 29.4 Å². The Hall–Kier alpha value is -1.46. The number of carboxylic acids is 2. The Bertz CT molecular complexity index is 477. The summed E-state index contributed by atoms with van der Waals surface area (Å²) < 4.78 is 0. The maximum absolute atomic E-state index is 12.3. The molecule has 0 saturated carbocycles. The second kappa shape index (κ2) is 12.8. The van der Waals surface area contributed by atoms with E-state index >= 15 is 0 Å². The van der Waals surface area contributed by atoms with Crippen LogP contribution < -0.4 is 16.4 Å². The highest BCUT2D eigenvalue weighted by Crippen LogP contribution is 2.05. The highest BCUT2D eigenvalue weighted by Gasteiger charge is 2.28. The Morgan fingerprint density at radius 2 is 1.40 bits per heavy atom. The van der Waals surface area contributed by atoms with Crippen molar-refractivity contribution in [2.45, 2.75) is 37.4 Å². The number of nitrogens with one attached hydrogen (secondary N) is 2. The molecule has 0 unspecified atom stereocenters. The minimum atomic E-state index is -1.28. The van der Waals surface area contributed by atoms with Crippen molar-refractivity contribution in [2.24, 2.45) is 5.73 Å². The van der Waals surface area contributed by atoms with Crippen molar-refractivity contribution in [3.8, 4) is 0 Å². The van der Waals surface area contributed by atoms with Crippen LogP contribution in [0, 0.1) is 0 Å². The molecule has 0 fully saturated rings. The van der Waals surface area contributed by atoms with Gasteiger partial charge in [0.1, 0.15) is 12.1 Å². The van der Waals surface area contributed by atoms with Gasteiger partial charge in [0.25, 0.3) is 0 Å². The molecule has 0 aliphatic heterocycles. The van der Waals surface area contributed by atoms with E-state index in [0.717, 1.165) is 0 Å². The lowest BCUT2D eigenvalue weighted by molar-refractivity contribution is -0.142. The van der Waals surface area contributed by atoms with Gasteiger partial charge in [-0.3, -0.25) is 14.4 Å². The third-order valence-corrected chi connectivity index (χ3v) is 4.49. The molecular formula is C14H25N3O6S2. The highest BCUT2D eigenvalue weighted by molar-refractivity contribution is 7.98. The van der Waals surface area contributed by atoms with Crippen molar-refractivity contribution in [1.29, 1.82) is 0 Å². The van der Waals surface area contributed by atoms with E-state index in [9.17, 15) is 24.3 Å². The molecule has 2 amide bonds. The third-order valence-electron chi connectivity index (χ3n) is 3.20. The lowest BCUT2D eigenvalue weighted by atomic mass is 10.1. The Kier molecular flexibility index (Phi) is 12.1. The monoisotopic (exact) mass is 395 g/mol. The van der Waals surface area contributed by atoms with Gasteiger partial charge in [0, 0.05) is 0 Å². The van der Waals surface area contributed by atoms with E-state index in [4.69, 9.17) is 10.8 Å². The summed E-state index contributed by atoms with van der Waals surface area (Å²) in [6.45, 7) is 0. The number of carbonyl (C=O) groups is 4. The van der Waals surface area contributed by atoms with Crippen LogP contribution >= 0.6 is 23.5 Å². The van der Waals surface area contributed by atoms with E-state index in [2.05, 4.69) is 10.6 Å². The summed E-state index contributed by atoms with van der Waals surface area (Å²) in [6, 6.07) is -3.31. The molecule has 25 heavy (non-hydrogen) atoms. The van der Waals surface area contributed by atoms with Crippen LogP contribution in [-0.2, 0) is 19.2 Å². The number of rotatable bonds is 13. The number of aliphatic carboxylic acids is 2. The second-order valence-electron chi connectivity index (χ2n) is 5.23. The molecule has 6 N–H and O–H groups in total. The van der Waals surface area contributed by atoms with Gasteiger partial charge < -0.3 is 26.6 Å². The van der Waals surface area contributed by atoms with Gasteiger partial charge in [-0.25, -0.2) is 4.79 Å². The molecule has 9 nitrogen and oxygen atoms in total. The lowest BCUT2D eigenvalue weighted by Crippen LogP contribution is -2.55. The summed E-state index contributed by atoms with van der Waals surface area (Å²) in [5.41, 5.74) is 5.48. The van der Waals surface area contributed by atoms with Crippen LogP contribution in [0.15, 0.2) is 0 Å². The van der Waals surface area contributed by atoms with E-state index in [1.54, 1.807) is 0 Å². The molecule has 0 rings (SSSR count). The number of hydrogen-bond donors (Lipinski definition) is 5. The van der Waals surface area contributed by atoms with E-state index in [1.807, 2.05) is 12.5 Å². The minimum absolute atomic E-state index is 0.254. The Morgan fingerprint density at radius 3 is 1.84 bits per heavy atom. The van der Waals surface area contributed by atoms with Crippen molar-refractivity contribution in [1.82, 2.24) is 10.6 Å². The van der Waals surface area contributed by atoms with Crippen LogP contribution in [0.4, 0.5) is 0 Å². The number of hydrogen-bond acceptors (Lipinski definition) is 7. The van der Waals surface area contributed by atoms with Crippen molar-refractivity contribution in [2.75, 3.05) is 24.0 Å². The average Bonchev–Trinajstić information content (AvgIpc) is 2.53. The van der Waals surface area contributed by atoms with Gasteiger partial charge in [-0.05, 0) is 36.9 Å². The number of amides is 2. The summed E-state index contributed by atoms with van der Waals surface area (Å²) >= 11 is 2.91. The van der Waals surface area contributed by atoms with Gasteiger partial charge in [0.2, 0.25) is 11.8 Å². The summed E-state index contributed by atoms with van der Waals surface area (Å²) in [6.07, 6.45) is 3.61. The number of thioether (sulfide) groups is 2. The molecule has 0 bridgehead atoms. The lowest BCUT2D eigenvalue weighted by Gasteiger charge is -2.22. The van der Waals surface area contributed by atoms with Crippen LogP contribution in [0.25, 0.3) is 0 Å². The normalized spacial score (nSPS) is 14.2. The van der Waals surface area contributed by atoms with Gasteiger partial charge in [0.05, 0.1) is 12.5 Å². The molecule has 3 atom stereocenters. The molecule has 11 heteroatoms. The van der Waals surface area contributed by atoms with E-state index in [-0.39, 0.29) is 12.8 Å². The van der Waals surface area contributed by atoms with Gasteiger partial charge >= 0.3 is 11.9 Å². The SMILES string of the molecule is CSCC[C@H](NC(=O)[C@H](CCSC)NC(=O)[C@@H](N)CC(=O)O)C(=O)O. The molecule has 0 spiro atoms. The first-order valence-electron chi connectivity index (χ1n) is 7.51. The summed E-state index contributed by atoms with van der Waals surface area (Å²) in [7, 11) is 0. The smallest absolute Gasteiger partial charge is 0.326 e. The van der Waals surface area contributed by atoms with Crippen LogP contribution in [0.1, 0.15) is 19.3 Å². The maximum atomic E-state index is 12.3. The Labute approximate surface area is 154 Å². The first-order valence-corrected chi connectivity index (χ1v) is 10.3. The Morgan fingerprint density at radius 1 is 0.920 bits per heavy atom. The largest absolute Gasteiger partial charge is 0.481 e. The molecule has 0 aliphatic carbocycles. The molecule has 0 aromatic heterocycles. The molecule has 0 aromatic rings. The zero-order valence-electron chi connectivity index (χ0n) is 14.2. The third kappa shape index (κ3) is 10.2. The van der Waals surface area contributed by atoms with Gasteiger partial charge in [-0.1, -0.05) is 0 Å². The minimum Gasteiger partial charge on any atom is -0.481 e. The van der Waals surface area contributed by atoms with Crippen LogP contribution in [0.2, 0.25) is 0 Å². The second-order valence-corrected chi connectivity index (χ2v) is 7.20. The number of carboxylic acid groups (broad SMARTS) is 2. The highest BCUT2D eigenvalue weighted by atomic mass is 32.2. The molecular weight excluding hydrogens is 370 g/mol. The summed E-state index contributed by atoms with van der Waals surface area (Å²) in [4.78, 5) is 46.1. The van der Waals surface area contributed by atoms with E-state index in [1.165, 1.54) is 23.5 Å². The van der Waals surface area contributed by atoms with E-state index in [0.29, 0.717) is 11.5 Å². The molecule has 0 aromatic carbocycles. The zero-order chi connectivity index (χ0) is 19.4. The van der Waals surface area contributed by atoms with Crippen LogP contribution in [0.5, 0.6) is 0 Å². The van der Waals surface area contributed by atoms with Crippen LogP contribution in [-0.4, -0.2) is 76.1 Å². The molecule has 144 valence electrons. The van der Waals surface area contributed by atoms with E-state index < -0.39 is 48.3 Å². The predicted octanol–water partition coefficient (Wildman–Crippen LogP) is -0.651. The predicted molar refractivity (Wildman–Crippen MR) is 97.7 cm³/mol. The standard InChI is InChI=1S/C14H25N3O6S2/c1-24-5-3-9(16-12(20)8(15)7-11(18)19)13(21)17-10(14(22)23)4-6-25-2/h8-10H,3-7,15H2,1-2H3,(H,16,20)(H,17,21)(H,18,19)(H,22,23)/t8-,9-,10-/m0/s1. The summed E-state index contributed by atoms with van der Waals surface area (Å²) in [5, 5.41) is 22.7. The fourth-order valence-corrected chi connectivity index (χ4v) is 2.77. The quantitative estimate of drug-likeness (QED) is 0.273. The van der Waals surface area contributed by atoms with Gasteiger partial charge in [-0.15, -0.1) is 0 Å². The first kappa shape index (κ1) is 23.5. The average molecular weight is 396 g/mol. The van der Waals surface area contributed by atoms with Crippen LogP contribution in [0.3, 0.4) is 0 Å². The topological polar surface area (TPSA) is 159 Å². The molecule has 0 heterocycles. The fraction of sp³-hybridized carbons (Fsp3) is 0.714. The Balaban J connectivity index is 4.92. The molecule has 0 aliphatic rings. The summed E-state index contributed by atoms with van der Waals surface area (Å²) in [5.74, 6) is -2.66. The number of carbonyl (C=O) groups excluding carboxylic acids is 2.